The quantitative estimate of drug-likeness (QED) is 0.715. The third kappa shape index (κ3) is 3.97. The van der Waals surface area contributed by atoms with Gasteiger partial charge in [0.2, 0.25) is 5.82 Å². The molecule has 0 bridgehead atoms. The first-order valence-electron chi connectivity index (χ1n) is 9.75. The highest BCUT2D eigenvalue weighted by Crippen LogP contribution is 2.19. The van der Waals surface area contributed by atoms with Gasteiger partial charge in [-0.3, -0.25) is 14.0 Å². The summed E-state index contributed by atoms with van der Waals surface area (Å²) in [6.07, 6.45) is 7.12. The van der Waals surface area contributed by atoms with Crippen molar-refractivity contribution < 1.29 is 9.59 Å². The summed E-state index contributed by atoms with van der Waals surface area (Å²) in [7, 11) is 0. The van der Waals surface area contributed by atoms with Crippen molar-refractivity contribution in [3.05, 3.63) is 65.7 Å². The fourth-order valence-electron chi connectivity index (χ4n) is 3.68. The summed E-state index contributed by atoms with van der Waals surface area (Å²) in [6, 6.07) is 14.1. The number of aromatic nitrogens is 2. The lowest BCUT2D eigenvalue weighted by molar-refractivity contribution is 0.0916. The van der Waals surface area contributed by atoms with Gasteiger partial charge in [-0.15, -0.1) is 0 Å². The molecule has 0 unspecified atom stereocenters. The van der Waals surface area contributed by atoms with Crippen molar-refractivity contribution in [1.29, 1.82) is 5.26 Å². The topological polar surface area (TPSA) is 99.3 Å². The molecule has 0 saturated heterocycles. The van der Waals surface area contributed by atoms with Crippen molar-refractivity contribution in [3.63, 3.8) is 0 Å². The summed E-state index contributed by atoms with van der Waals surface area (Å²) < 4.78 is 1.64. The zero-order chi connectivity index (χ0) is 20.2. The molecule has 7 heteroatoms. The summed E-state index contributed by atoms with van der Waals surface area (Å²) in [4.78, 5) is 30.0. The number of hydrogen-bond acceptors (Lipinski definition) is 4. The average molecular weight is 387 g/mol. The molecule has 1 fully saturated rings. The molecule has 1 saturated carbocycles. The largest absolute Gasteiger partial charge is 0.347 e. The van der Waals surface area contributed by atoms with Crippen molar-refractivity contribution in [1.82, 2.24) is 14.7 Å². The number of anilines is 1. The fraction of sp³-hybridized carbons (Fsp3) is 0.273. The number of hydrogen-bond donors (Lipinski definition) is 2. The summed E-state index contributed by atoms with van der Waals surface area (Å²) >= 11 is 0. The van der Waals surface area contributed by atoms with E-state index in [9.17, 15) is 9.59 Å². The highest BCUT2D eigenvalue weighted by atomic mass is 16.2. The Morgan fingerprint density at radius 3 is 2.52 bits per heavy atom. The SMILES string of the molecule is N#Cc1ccc(NC(=O)c2nc(C(=O)NC3CCCCC3)n3ccccc23)cc1. The zero-order valence-corrected chi connectivity index (χ0v) is 15.9. The molecule has 7 nitrogen and oxygen atoms in total. The minimum Gasteiger partial charge on any atom is -0.347 e. The van der Waals surface area contributed by atoms with E-state index in [-0.39, 0.29) is 23.5 Å². The maximum Gasteiger partial charge on any atom is 0.287 e. The van der Waals surface area contributed by atoms with Crippen LogP contribution in [-0.4, -0.2) is 27.2 Å². The fourth-order valence-corrected chi connectivity index (χ4v) is 3.68. The minimum absolute atomic E-state index is 0.156. The smallest absolute Gasteiger partial charge is 0.287 e. The molecule has 0 spiro atoms. The monoisotopic (exact) mass is 387 g/mol. The number of nitrogens with zero attached hydrogens (tertiary/aromatic N) is 3. The van der Waals surface area contributed by atoms with Gasteiger partial charge in [0, 0.05) is 17.9 Å². The van der Waals surface area contributed by atoms with E-state index < -0.39 is 5.91 Å². The van der Waals surface area contributed by atoms with Crippen molar-refractivity contribution in [2.24, 2.45) is 0 Å². The molecule has 2 aromatic heterocycles. The van der Waals surface area contributed by atoms with Gasteiger partial charge in [0.15, 0.2) is 5.69 Å². The van der Waals surface area contributed by atoms with Crippen LogP contribution in [0.3, 0.4) is 0 Å². The molecule has 0 atom stereocenters. The average Bonchev–Trinajstić information content (AvgIpc) is 3.15. The third-order valence-corrected chi connectivity index (χ3v) is 5.18. The van der Waals surface area contributed by atoms with E-state index in [1.807, 2.05) is 6.07 Å². The van der Waals surface area contributed by atoms with E-state index in [1.54, 1.807) is 53.1 Å². The van der Waals surface area contributed by atoms with Crippen molar-refractivity contribution in [2.75, 3.05) is 5.32 Å². The standard InChI is InChI=1S/C22H21N5O2/c23-14-15-9-11-17(12-10-15)24-21(28)19-18-8-4-5-13-27(18)20(26-19)22(29)25-16-6-2-1-3-7-16/h4-5,8-13,16H,1-3,6-7H2,(H,24,28)(H,25,29). The van der Waals surface area contributed by atoms with Gasteiger partial charge in [0.25, 0.3) is 11.8 Å². The molecule has 2 heterocycles. The molecule has 146 valence electrons. The van der Waals surface area contributed by atoms with Crippen LogP contribution in [0.2, 0.25) is 0 Å². The molecule has 29 heavy (non-hydrogen) atoms. The Balaban J connectivity index is 1.60. The van der Waals surface area contributed by atoms with Crippen LogP contribution in [0.4, 0.5) is 5.69 Å². The molecule has 2 amide bonds. The molecule has 0 aliphatic heterocycles. The number of imidazole rings is 1. The molecule has 1 aliphatic carbocycles. The summed E-state index contributed by atoms with van der Waals surface area (Å²) in [5.74, 6) is -0.471. The van der Waals surface area contributed by atoms with E-state index in [4.69, 9.17) is 5.26 Å². The van der Waals surface area contributed by atoms with E-state index in [0.717, 1.165) is 25.7 Å². The van der Waals surface area contributed by atoms with Crippen LogP contribution in [0.1, 0.15) is 58.8 Å². The summed E-state index contributed by atoms with van der Waals surface area (Å²) in [6.45, 7) is 0. The van der Waals surface area contributed by atoms with Gasteiger partial charge < -0.3 is 10.6 Å². The first-order valence-corrected chi connectivity index (χ1v) is 9.75. The summed E-state index contributed by atoms with van der Waals surface area (Å²) in [5, 5.41) is 14.7. The van der Waals surface area contributed by atoms with Crippen LogP contribution in [-0.2, 0) is 0 Å². The molecule has 0 radical (unpaired) electrons. The molecule has 4 rings (SSSR count). The predicted molar refractivity (Wildman–Crippen MR) is 109 cm³/mol. The third-order valence-electron chi connectivity index (χ3n) is 5.18. The van der Waals surface area contributed by atoms with E-state index in [1.165, 1.54) is 6.42 Å². The second kappa shape index (κ2) is 8.15. The highest BCUT2D eigenvalue weighted by molar-refractivity contribution is 6.09. The lowest BCUT2D eigenvalue weighted by atomic mass is 9.95. The Bertz CT molecular complexity index is 1090. The number of benzene rings is 1. The highest BCUT2D eigenvalue weighted by Gasteiger charge is 2.24. The molecule has 1 aromatic carbocycles. The van der Waals surface area contributed by atoms with Crippen molar-refractivity contribution >= 4 is 23.0 Å². The van der Waals surface area contributed by atoms with Crippen molar-refractivity contribution in [3.8, 4) is 6.07 Å². The van der Waals surface area contributed by atoms with E-state index in [2.05, 4.69) is 15.6 Å². The van der Waals surface area contributed by atoms with Gasteiger partial charge in [-0.2, -0.15) is 5.26 Å². The van der Waals surface area contributed by atoms with Crippen LogP contribution in [0.15, 0.2) is 48.7 Å². The maximum absolute atomic E-state index is 12.8. The lowest BCUT2D eigenvalue weighted by Gasteiger charge is -2.22. The van der Waals surface area contributed by atoms with Crippen LogP contribution >= 0.6 is 0 Å². The Morgan fingerprint density at radius 1 is 1.03 bits per heavy atom. The predicted octanol–water partition coefficient (Wildman–Crippen LogP) is 3.52. The Kier molecular flexibility index (Phi) is 5.25. The first-order chi connectivity index (χ1) is 14.2. The molecule has 3 aromatic rings. The normalized spacial score (nSPS) is 14.3. The van der Waals surface area contributed by atoms with Crippen LogP contribution in [0.5, 0.6) is 0 Å². The number of amides is 2. The Morgan fingerprint density at radius 2 is 1.79 bits per heavy atom. The van der Waals surface area contributed by atoms with Gasteiger partial charge in [-0.25, -0.2) is 4.98 Å². The second-order valence-corrected chi connectivity index (χ2v) is 7.19. The number of nitrogens with one attached hydrogen (secondary N) is 2. The van der Waals surface area contributed by atoms with Gasteiger partial charge in [-0.1, -0.05) is 25.3 Å². The number of carbonyl (C=O) groups is 2. The molecule has 2 N–H and O–H groups in total. The van der Waals surface area contributed by atoms with Crippen LogP contribution in [0, 0.1) is 11.3 Å². The number of nitriles is 1. The van der Waals surface area contributed by atoms with Crippen molar-refractivity contribution in [2.45, 2.75) is 38.1 Å². The van der Waals surface area contributed by atoms with Gasteiger partial charge in [0.1, 0.15) is 0 Å². The number of rotatable bonds is 4. The Labute approximate surface area is 168 Å². The first kappa shape index (κ1) is 18.7. The summed E-state index contributed by atoms with van der Waals surface area (Å²) in [5.41, 5.74) is 1.81. The zero-order valence-electron chi connectivity index (χ0n) is 15.9. The van der Waals surface area contributed by atoms with Crippen LogP contribution < -0.4 is 10.6 Å². The lowest BCUT2D eigenvalue weighted by Crippen LogP contribution is -2.37. The van der Waals surface area contributed by atoms with Crippen LogP contribution in [0.25, 0.3) is 5.52 Å². The van der Waals surface area contributed by atoms with Gasteiger partial charge in [0.05, 0.1) is 17.1 Å². The van der Waals surface area contributed by atoms with E-state index >= 15 is 0 Å². The number of carbonyl (C=O) groups excluding carboxylic acids is 2. The number of pyridine rings is 1. The molecule has 1 aliphatic rings. The number of fused-ring (bicyclic) bond motifs is 1. The Hall–Kier alpha value is -3.66. The minimum atomic E-state index is -0.407. The van der Waals surface area contributed by atoms with Gasteiger partial charge >= 0.3 is 0 Å². The molecular formula is C22H21N5O2. The second-order valence-electron chi connectivity index (χ2n) is 7.19. The maximum atomic E-state index is 12.8. The van der Waals surface area contributed by atoms with E-state index in [0.29, 0.717) is 16.8 Å². The van der Waals surface area contributed by atoms with Gasteiger partial charge in [-0.05, 0) is 49.2 Å². The molecular weight excluding hydrogens is 366 g/mol.